The van der Waals surface area contributed by atoms with Gasteiger partial charge in [-0.25, -0.2) is 4.98 Å². The molecule has 3 rings (SSSR count). The van der Waals surface area contributed by atoms with Crippen molar-refractivity contribution in [2.24, 2.45) is 0 Å². The van der Waals surface area contributed by atoms with Crippen molar-refractivity contribution in [1.82, 2.24) is 15.2 Å². The van der Waals surface area contributed by atoms with Gasteiger partial charge in [-0.3, -0.25) is 5.10 Å². The van der Waals surface area contributed by atoms with Gasteiger partial charge in [-0.1, -0.05) is 12.1 Å². The van der Waals surface area contributed by atoms with Crippen LogP contribution in [0.3, 0.4) is 0 Å². The second-order valence-electron chi connectivity index (χ2n) is 5.61. The van der Waals surface area contributed by atoms with Crippen LogP contribution in [0.25, 0.3) is 22.8 Å². The van der Waals surface area contributed by atoms with E-state index in [2.05, 4.69) is 15.2 Å². The SMILES string of the molecule is CCOc1ccc(-c2nc(-c3cccc(C(F)(F)F)c3)n[nH]2)cc1OCC. The number of halogens is 3. The molecule has 0 atom stereocenters. The van der Waals surface area contributed by atoms with E-state index in [1.54, 1.807) is 18.2 Å². The van der Waals surface area contributed by atoms with E-state index < -0.39 is 11.7 Å². The molecule has 0 aliphatic carbocycles. The van der Waals surface area contributed by atoms with Crippen molar-refractivity contribution in [2.45, 2.75) is 20.0 Å². The molecule has 1 aromatic heterocycles. The first-order valence-electron chi connectivity index (χ1n) is 8.42. The molecule has 0 saturated heterocycles. The molecule has 142 valence electrons. The molecule has 2 aromatic carbocycles. The highest BCUT2D eigenvalue weighted by atomic mass is 19.4. The number of benzene rings is 2. The third-order valence-corrected chi connectivity index (χ3v) is 3.75. The van der Waals surface area contributed by atoms with Gasteiger partial charge >= 0.3 is 6.18 Å². The second kappa shape index (κ2) is 7.69. The average molecular weight is 377 g/mol. The van der Waals surface area contributed by atoms with Gasteiger partial charge in [0.05, 0.1) is 18.8 Å². The van der Waals surface area contributed by atoms with Gasteiger partial charge < -0.3 is 9.47 Å². The first kappa shape index (κ1) is 18.8. The van der Waals surface area contributed by atoms with Crippen molar-refractivity contribution < 1.29 is 22.6 Å². The molecule has 0 saturated carbocycles. The molecule has 3 aromatic rings. The highest BCUT2D eigenvalue weighted by Gasteiger charge is 2.30. The van der Waals surface area contributed by atoms with Gasteiger partial charge in [-0.15, -0.1) is 0 Å². The minimum Gasteiger partial charge on any atom is -0.490 e. The molecule has 0 spiro atoms. The van der Waals surface area contributed by atoms with Crippen molar-refractivity contribution in [2.75, 3.05) is 13.2 Å². The fourth-order valence-electron chi connectivity index (χ4n) is 2.55. The average Bonchev–Trinajstić information content (AvgIpc) is 3.13. The molecule has 8 heteroatoms. The Morgan fingerprint density at radius 1 is 0.926 bits per heavy atom. The standard InChI is InChI=1S/C19H18F3N3O2/c1-3-26-15-9-8-13(11-16(15)27-4-2)18-23-17(24-25-18)12-6-5-7-14(10-12)19(20,21)22/h5-11H,3-4H2,1-2H3,(H,23,24,25). The van der Waals surface area contributed by atoms with E-state index >= 15 is 0 Å². The summed E-state index contributed by atoms with van der Waals surface area (Å²) in [6.45, 7) is 4.71. The maximum atomic E-state index is 12.9. The summed E-state index contributed by atoms with van der Waals surface area (Å²) in [4.78, 5) is 4.32. The number of hydrogen-bond donors (Lipinski definition) is 1. The molecule has 1 heterocycles. The van der Waals surface area contributed by atoms with E-state index in [4.69, 9.17) is 9.47 Å². The predicted molar refractivity (Wildman–Crippen MR) is 94.6 cm³/mol. The summed E-state index contributed by atoms with van der Waals surface area (Å²) < 4.78 is 49.8. The summed E-state index contributed by atoms with van der Waals surface area (Å²) in [7, 11) is 0. The molecule has 0 aliphatic rings. The Morgan fingerprint density at radius 2 is 1.67 bits per heavy atom. The Hall–Kier alpha value is -3.03. The minimum absolute atomic E-state index is 0.183. The van der Waals surface area contributed by atoms with Crippen LogP contribution in [-0.2, 0) is 6.18 Å². The van der Waals surface area contributed by atoms with E-state index in [0.717, 1.165) is 12.1 Å². The lowest BCUT2D eigenvalue weighted by Gasteiger charge is -2.11. The molecule has 0 amide bonds. The molecule has 0 radical (unpaired) electrons. The number of H-pyrrole nitrogens is 1. The lowest BCUT2D eigenvalue weighted by Crippen LogP contribution is -2.04. The zero-order valence-corrected chi connectivity index (χ0v) is 14.8. The van der Waals surface area contributed by atoms with Crippen LogP contribution in [0, 0.1) is 0 Å². The van der Waals surface area contributed by atoms with Gasteiger partial charge in [0.2, 0.25) is 0 Å². The monoisotopic (exact) mass is 377 g/mol. The van der Waals surface area contributed by atoms with Gasteiger partial charge in [0, 0.05) is 11.1 Å². The molecular formula is C19H18F3N3O2. The Bertz CT molecular complexity index is 923. The maximum Gasteiger partial charge on any atom is 0.416 e. The van der Waals surface area contributed by atoms with Crippen molar-refractivity contribution in [3.63, 3.8) is 0 Å². The van der Waals surface area contributed by atoms with Crippen molar-refractivity contribution >= 4 is 0 Å². The zero-order valence-electron chi connectivity index (χ0n) is 14.8. The smallest absolute Gasteiger partial charge is 0.416 e. The Kier molecular flexibility index (Phi) is 5.34. The summed E-state index contributed by atoms with van der Waals surface area (Å²) in [6.07, 6.45) is -4.42. The van der Waals surface area contributed by atoms with E-state index in [0.29, 0.717) is 36.1 Å². The normalized spacial score (nSPS) is 11.4. The third kappa shape index (κ3) is 4.21. The number of aromatic nitrogens is 3. The van der Waals surface area contributed by atoms with Gasteiger partial charge in [0.15, 0.2) is 23.1 Å². The van der Waals surface area contributed by atoms with Crippen LogP contribution in [0.1, 0.15) is 19.4 Å². The Balaban J connectivity index is 1.93. The molecule has 5 nitrogen and oxygen atoms in total. The molecule has 1 N–H and O–H groups in total. The van der Waals surface area contributed by atoms with Gasteiger partial charge in [-0.2, -0.15) is 18.3 Å². The quantitative estimate of drug-likeness (QED) is 0.660. The fourth-order valence-corrected chi connectivity index (χ4v) is 2.55. The molecule has 27 heavy (non-hydrogen) atoms. The lowest BCUT2D eigenvalue weighted by atomic mass is 10.1. The summed E-state index contributed by atoms with van der Waals surface area (Å²) in [5.41, 5.74) is 0.224. The third-order valence-electron chi connectivity index (χ3n) is 3.75. The second-order valence-corrected chi connectivity index (χ2v) is 5.61. The Labute approximate surface area is 154 Å². The highest BCUT2D eigenvalue weighted by Crippen LogP contribution is 2.33. The molecule has 0 unspecified atom stereocenters. The number of alkyl halides is 3. The first-order chi connectivity index (χ1) is 12.9. The summed E-state index contributed by atoms with van der Waals surface area (Å²) in [6, 6.07) is 10.2. The molecule has 0 aliphatic heterocycles. The van der Waals surface area contributed by atoms with Crippen LogP contribution < -0.4 is 9.47 Å². The number of rotatable bonds is 6. The molecule has 0 bridgehead atoms. The summed E-state index contributed by atoms with van der Waals surface area (Å²) >= 11 is 0. The largest absolute Gasteiger partial charge is 0.490 e. The lowest BCUT2D eigenvalue weighted by molar-refractivity contribution is -0.137. The predicted octanol–water partition coefficient (Wildman–Crippen LogP) is 4.95. The summed E-state index contributed by atoms with van der Waals surface area (Å²) in [5, 5.41) is 6.81. The Morgan fingerprint density at radius 3 is 2.37 bits per heavy atom. The van der Waals surface area contributed by atoms with Crippen LogP contribution in [0.2, 0.25) is 0 Å². The number of ether oxygens (including phenoxy) is 2. The number of nitrogens with zero attached hydrogens (tertiary/aromatic N) is 2. The molecule has 0 fully saturated rings. The first-order valence-corrected chi connectivity index (χ1v) is 8.42. The summed E-state index contributed by atoms with van der Waals surface area (Å²) in [5.74, 6) is 1.78. The van der Waals surface area contributed by atoms with E-state index in [9.17, 15) is 13.2 Å². The van der Waals surface area contributed by atoms with E-state index in [-0.39, 0.29) is 11.4 Å². The fraction of sp³-hybridized carbons (Fsp3) is 0.263. The highest BCUT2D eigenvalue weighted by molar-refractivity contribution is 5.64. The van der Waals surface area contributed by atoms with Crippen LogP contribution in [-0.4, -0.2) is 28.4 Å². The number of aromatic amines is 1. The maximum absolute atomic E-state index is 12.9. The van der Waals surface area contributed by atoms with E-state index in [1.165, 1.54) is 12.1 Å². The number of nitrogens with one attached hydrogen (secondary N) is 1. The van der Waals surface area contributed by atoms with Gasteiger partial charge in [0.1, 0.15) is 0 Å². The van der Waals surface area contributed by atoms with Crippen LogP contribution in [0.15, 0.2) is 42.5 Å². The van der Waals surface area contributed by atoms with Crippen LogP contribution in [0.5, 0.6) is 11.5 Å². The minimum atomic E-state index is -4.42. The van der Waals surface area contributed by atoms with Crippen molar-refractivity contribution in [3.05, 3.63) is 48.0 Å². The number of hydrogen-bond acceptors (Lipinski definition) is 4. The van der Waals surface area contributed by atoms with Gasteiger partial charge in [-0.05, 0) is 44.2 Å². The van der Waals surface area contributed by atoms with Crippen LogP contribution in [0.4, 0.5) is 13.2 Å². The van der Waals surface area contributed by atoms with Crippen molar-refractivity contribution in [1.29, 1.82) is 0 Å². The van der Waals surface area contributed by atoms with Crippen molar-refractivity contribution in [3.8, 4) is 34.3 Å². The van der Waals surface area contributed by atoms with Crippen LogP contribution >= 0.6 is 0 Å². The zero-order chi connectivity index (χ0) is 19.4. The van der Waals surface area contributed by atoms with E-state index in [1.807, 2.05) is 13.8 Å². The topological polar surface area (TPSA) is 60.0 Å². The molecular weight excluding hydrogens is 359 g/mol. The van der Waals surface area contributed by atoms with Gasteiger partial charge in [0.25, 0.3) is 0 Å².